The van der Waals surface area contributed by atoms with Crippen LogP contribution < -0.4 is 0 Å². The minimum atomic E-state index is -0.505. The highest BCUT2D eigenvalue weighted by atomic mass is 16.5. The van der Waals surface area contributed by atoms with Crippen LogP contribution >= 0.6 is 0 Å². The molecular formula is C12H15NO2. The van der Waals surface area contributed by atoms with Gasteiger partial charge in [-0.05, 0) is 31.3 Å². The maximum Gasteiger partial charge on any atom is 0.349 e. The standard InChI is InChI=1S/C12H15NO2/c1-2-8-15-12(14)11(9-13)10-6-4-3-5-7-10/h2H,1,3-8H2. The zero-order valence-electron chi connectivity index (χ0n) is 8.79. The van der Waals surface area contributed by atoms with Crippen LogP contribution in [-0.2, 0) is 9.53 Å². The number of esters is 1. The summed E-state index contributed by atoms with van der Waals surface area (Å²) in [7, 11) is 0. The molecule has 0 amide bonds. The molecule has 0 aromatic carbocycles. The van der Waals surface area contributed by atoms with Crippen molar-refractivity contribution in [1.29, 1.82) is 5.26 Å². The SMILES string of the molecule is C=CCOC(=O)C(C#N)=C1CCCCC1. The highest BCUT2D eigenvalue weighted by Crippen LogP contribution is 2.25. The fraction of sp³-hybridized carbons (Fsp3) is 0.500. The molecule has 0 bridgehead atoms. The van der Waals surface area contributed by atoms with Crippen molar-refractivity contribution in [1.82, 2.24) is 0 Å². The second-order valence-corrected chi connectivity index (χ2v) is 3.54. The first kappa shape index (κ1) is 11.5. The Morgan fingerprint density at radius 2 is 2.13 bits per heavy atom. The Kier molecular flexibility index (Phi) is 4.62. The average Bonchev–Trinajstić information content (AvgIpc) is 2.29. The summed E-state index contributed by atoms with van der Waals surface area (Å²) >= 11 is 0. The number of nitriles is 1. The van der Waals surface area contributed by atoms with Crippen molar-refractivity contribution in [3.05, 3.63) is 23.8 Å². The van der Waals surface area contributed by atoms with E-state index in [9.17, 15) is 4.79 Å². The summed E-state index contributed by atoms with van der Waals surface area (Å²) in [6.45, 7) is 3.62. The summed E-state index contributed by atoms with van der Waals surface area (Å²) in [5.74, 6) is -0.505. The molecule has 0 aromatic rings. The van der Waals surface area contributed by atoms with Crippen LogP contribution in [0.3, 0.4) is 0 Å². The molecule has 15 heavy (non-hydrogen) atoms. The molecule has 0 N–H and O–H groups in total. The van der Waals surface area contributed by atoms with Crippen molar-refractivity contribution in [2.24, 2.45) is 0 Å². The van der Waals surface area contributed by atoms with Crippen molar-refractivity contribution >= 4 is 5.97 Å². The predicted octanol–water partition coefficient (Wildman–Crippen LogP) is 2.50. The Morgan fingerprint density at radius 3 is 2.67 bits per heavy atom. The van der Waals surface area contributed by atoms with Crippen molar-refractivity contribution in [2.75, 3.05) is 6.61 Å². The molecule has 1 fully saturated rings. The number of hydrogen-bond acceptors (Lipinski definition) is 3. The van der Waals surface area contributed by atoms with Gasteiger partial charge in [-0.3, -0.25) is 0 Å². The smallest absolute Gasteiger partial charge is 0.349 e. The van der Waals surface area contributed by atoms with E-state index in [-0.39, 0.29) is 12.2 Å². The van der Waals surface area contributed by atoms with E-state index >= 15 is 0 Å². The van der Waals surface area contributed by atoms with Crippen LogP contribution in [0.25, 0.3) is 0 Å². The topological polar surface area (TPSA) is 50.1 Å². The summed E-state index contributed by atoms with van der Waals surface area (Å²) in [5.41, 5.74) is 1.16. The van der Waals surface area contributed by atoms with E-state index in [4.69, 9.17) is 10.00 Å². The zero-order valence-corrected chi connectivity index (χ0v) is 8.79. The van der Waals surface area contributed by atoms with Crippen LogP contribution in [0.1, 0.15) is 32.1 Å². The lowest BCUT2D eigenvalue weighted by Gasteiger charge is -2.14. The van der Waals surface area contributed by atoms with Gasteiger partial charge >= 0.3 is 5.97 Å². The normalized spacial score (nSPS) is 15.3. The zero-order chi connectivity index (χ0) is 11.1. The lowest BCUT2D eigenvalue weighted by Crippen LogP contribution is -2.11. The predicted molar refractivity (Wildman–Crippen MR) is 56.9 cm³/mol. The van der Waals surface area contributed by atoms with Gasteiger partial charge < -0.3 is 4.74 Å². The number of ether oxygens (including phenoxy) is 1. The van der Waals surface area contributed by atoms with Gasteiger partial charge in [0.1, 0.15) is 18.2 Å². The minimum absolute atomic E-state index is 0.164. The molecule has 0 aliphatic heterocycles. The second-order valence-electron chi connectivity index (χ2n) is 3.54. The summed E-state index contributed by atoms with van der Waals surface area (Å²) in [4.78, 5) is 11.5. The largest absolute Gasteiger partial charge is 0.457 e. The van der Waals surface area contributed by atoms with Gasteiger partial charge in [0.25, 0.3) is 0 Å². The molecule has 1 aliphatic rings. The first-order valence-electron chi connectivity index (χ1n) is 5.19. The lowest BCUT2D eigenvalue weighted by molar-refractivity contribution is -0.137. The summed E-state index contributed by atoms with van der Waals surface area (Å²) in [6, 6.07) is 1.95. The third-order valence-corrected chi connectivity index (χ3v) is 2.46. The van der Waals surface area contributed by atoms with E-state index in [1.54, 1.807) is 0 Å². The molecule has 0 atom stereocenters. The molecule has 0 aromatic heterocycles. The Hall–Kier alpha value is -1.56. The quantitative estimate of drug-likeness (QED) is 0.308. The van der Waals surface area contributed by atoms with E-state index < -0.39 is 5.97 Å². The van der Waals surface area contributed by atoms with E-state index in [1.165, 1.54) is 12.5 Å². The van der Waals surface area contributed by atoms with E-state index in [1.807, 2.05) is 6.07 Å². The highest BCUT2D eigenvalue weighted by molar-refractivity contribution is 5.93. The Morgan fingerprint density at radius 1 is 1.47 bits per heavy atom. The first-order valence-corrected chi connectivity index (χ1v) is 5.19. The molecule has 1 aliphatic carbocycles. The minimum Gasteiger partial charge on any atom is -0.457 e. The molecule has 0 unspecified atom stereocenters. The maximum atomic E-state index is 11.5. The van der Waals surface area contributed by atoms with E-state index in [0.29, 0.717) is 0 Å². The third kappa shape index (κ3) is 3.25. The van der Waals surface area contributed by atoms with Crippen molar-refractivity contribution in [3.63, 3.8) is 0 Å². The molecule has 1 saturated carbocycles. The van der Waals surface area contributed by atoms with Crippen molar-refractivity contribution < 1.29 is 9.53 Å². The number of carbonyl (C=O) groups excluding carboxylic acids is 1. The Bertz CT molecular complexity index is 315. The third-order valence-electron chi connectivity index (χ3n) is 2.46. The van der Waals surface area contributed by atoms with Crippen molar-refractivity contribution in [2.45, 2.75) is 32.1 Å². The fourth-order valence-corrected chi connectivity index (χ4v) is 1.70. The molecular weight excluding hydrogens is 190 g/mol. The van der Waals surface area contributed by atoms with Gasteiger partial charge in [0.2, 0.25) is 0 Å². The lowest BCUT2D eigenvalue weighted by atomic mass is 9.91. The fourth-order valence-electron chi connectivity index (χ4n) is 1.70. The Labute approximate surface area is 90.0 Å². The molecule has 3 heteroatoms. The number of rotatable bonds is 3. The maximum absolute atomic E-state index is 11.5. The molecule has 0 spiro atoms. The molecule has 1 rings (SSSR count). The van der Waals surface area contributed by atoms with Gasteiger partial charge in [0.15, 0.2) is 0 Å². The van der Waals surface area contributed by atoms with Crippen LogP contribution in [-0.4, -0.2) is 12.6 Å². The average molecular weight is 205 g/mol. The molecule has 80 valence electrons. The van der Waals surface area contributed by atoms with Crippen LogP contribution in [0.2, 0.25) is 0 Å². The summed E-state index contributed by atoms with van der Waals surface area (Å²) in [6.07, 6.45) is 6.52. The van der Waals surface area contributed by atoms with Crippen LogP contribution in [0.5, 0.6) is 0 Å². The molecule has 0 saturated heterocycles. The number of hydrogen-bond donors (Lipinski definition) is 0. The summed E-state index contributed by atoms with van der Waals surface area (Å²) < 4.78 is 4.86. The second kappa shape index (κ2) is 6.02. The van der Waals surface area contributed by atoms with Gasteiger partial charge in [-0.1, -0.05) is 19.1 Å². The monoisotopic (exact) mass is 205 g/mol. The van der Waals surface area contributed by atoms with Gasteiger partial charge in [0, 0.05) is 0 Å². The van der Waals surface area contributed by atoms with E-state index in [0.717, 1.165) is 31.3 Å². The van der Waals surface area contributed by atoms with Crippen LogP contribution in [0.4, 0.5) is 0 Å². The highest BCUT2D eigenvalue weighted by Gasteiger charge is 2.18. The molecule has 3 nitrogen and oxygen atoms in total. The van der Waals surface area contributed by atoms with Crippen LogP contribution in [0.15, 0.2) is 23.8 Å². The number of nitrogens with zero attached hydrogens (tertiary/aromatic N) is 1. The van der Waals surface area contributed by atoms with Gasteiger partial charge in [-0.15, -0.1) is 0 Å². The molecule has 0 radical (unpaired) electrons. The number of allylic oxidation sites excluding steroid dienone is 1. The van der Waals surface area contributed by atoms with Crippen LogP contribution in [0, 0.1) is 11.3 Å². The van der Waals surface area contributed by atoms with Gasteiger partial charge in [0.05, 0.1) is 0 Å². The Balaban J connectivity index is 2.72. The van der Waals surface area contributed by atoms with Gasteiger partial charge in [-0.2, -0.15) is 5.26 Å². The van der Waals surface area contributed by atoms with Crippen molar-refractivity contribution in [3.8, 4) is 6.07 Å². The molecule has 0 heterocycles. The van der Waals surface area contributed by atoms with E-state index in [2.05, 4.69) is 6.58 Å². The van der Waals surface area contributed by atoms with Gasteiger partial charge in [-0.25, -0.2) is 4.79 Å². The number of carbonyl (C=O) groups is 1. The first-order chi connectivity index (χ1) is 7.29. The summed E-state index contributed by atoms with van der Waals surface area (Å²) in [5, 5.41) is 8.91.